The van der Waals surface area contributed by atoms with E-state index in [4.69, 9.17) is 4.42 Å². The van der Waals surface area contributed by atoms with E-state index in [2.05, 4.69) is 15.9 Å². The third-order valence-corrected chi connectivity index (χ3v) is 3.39. The van der Waals surface area contributed by atoms with E-state index >= 15 is 0 Å². The van der Waals surface area contributed by atoms with E-state index in [0.717, 1.165) is 4.88 Å². The molecule has 84 valence electrons. The van der Waals surface area contributed by atoms with Gasteiger partial charge in [0.15, 0.2) is 10.4 Å². The summed E-state index contributed by atoms with van der Waals surface area (Å²) >= 11 is 4.81. The molecule has 2 aromatic heterocycles. The molecule has 5 heteroatoms. The Kier molecular flexibility index (Phi) is 3.46. The molecule has 0 N–H and O–H groups in total. The summed E-state index contributed by atoms with van der Waals surface area (Å²) in [4.78, 5) is 14.7. The normalized spacial score (nSPS) is 10.4. The number of hydrogen-bond acceptors (Lipinski definition) is 3. The highest BCUT2D eigenvalue weighted by molar-refractivity contribution is 9.10. The standard InChI is InChI=1S/C11H10BrNO2S/c1-13(7-8-3-2-6-16-8)11(14)9-4-5-10(12)15-9/h2-6H,7H2,1H3. The Balaban J connectivity index is 2.05. The lowest BCUT2D eigenvalue weighted by Gasteiger charge is -2.14. The minimum Gasteiger partial charge on any atom is -0.444 e. The zero-order valence-electron chi connectivity index (χ0n) is 8.64. The maximum Gasteiger partial charge on any atom is 0.289 e. The monoisotopic (exact) mass is 299 g/mol. The Hall–Kier alpha value is -1.07. The zero-order chi connectivity index (χ0) is 11.5. The van der Waals surface area contributed by atoms with Crippen molar-refractivity contribution in [2.75, 3.05) is 7.05 Å². The maximum absolute atomic E-state index is 11.9. The van der Waals surface area contributed by atoms with Crippen LogP contribution in [0.15, 0.2) is 38.7 Å². The van der Waals surface area contributed by atoms with Gasteiger partial charge in [0, 0.05) is 11.9 Å². The van der Waals surface area contributed by atoms with Crippen LogP contribution < -0.4 is 0 Å². The first-order chi connectivity index (χ1) is 7.66. The lowest BCUT2D eigenvalue weighted by atomic mass is 10.3. The van der Waals surface area contributed by atoms with E-state index < -0.39 is 0 Å². The summed E-state index contributed by atoms with van der Waals surface area (Å²) in [5.74, 6) is 0.241. The molecule has 2 rings (SSSR count). The van der Waals surface area contributed by atoms with Crippen molar-refractivity contribution < 1.29 is 9.21 Å². The highest BCUT2D eigenvalue weighted by Crippen LogP contribution is 2.17. The van der Waals surface area contributed by atoms with Gasteiger partial charge in [-0.15, -0.1) is 11.3 Å². The van der Waals surface area contributed by atoms with Gasteiger partial charge in [-0.2, -0.15) is 0 Å². The lowest BCUT2D eigenvalue weighted by molar-refractivity contribution is 0.0753. The molecule has 0 aliphatic heterocycles. The van der Waals surface area contributed by atoms with Gasteiger partial charge in [0.1, 0.15) is 0 Å². The number of carbonyl (C=O) groups is 1. The van der Waals surface area contributed by atoms with Crippen LogP contribution in [-0.2, 0) is 6.54 Å². The van der Waals surface area contributed by atoms with Gasteiger partial charge >= 0.3 is 0 Å². The van der Waals surface area contributed by atoms with Crippen LogP contribution in [0, 0.1) is 0 Å². The predicted octanol–water partition coefficient (Wildman–Crippen LogP) is 3.38. The Morgan fingerprint density at radius 3 is 2.88 bits per heavy atom. The number of nitrogens with zero attached hydrogens (tertiary/aromatic N) is 1. The van der Waals surface area contributed by atoms with Crippen molar-refractivity contribution in [3.63, 3.8) is 0 Å². The topological polar surface area (TPSA) is 33.5 Å². The Morgan fingerprint density at radius 1 is 1.50 bits per heavy atom. The molecule has 0 fully saturated rings. The Labute approximate surface area is 106 Å². The van der Waals surface area contributed by atoms with Gasteiger partial charge < -0.3 is 9.32 Å². The van der Waals surface area contributed by atoms with E-state index in [1.165, 1.54) is 0 Å². The lowest BCUT2D eigenvalue weighted by Crippen LogP contribution is -2.25. The smallest absolute Gasteiger partial charge is 0.289 e. The molecule has 3 nitrogen and oxygen atoms in total. The van der Waals surface area contributed by atoms with Gasteiger partial charge in [-0.1, -0.05) is 6.07 Å². The summed E-state index contributed by atoms with van der Waals surface area (Å²) in [5.41, 5.74) is 0. The van der Waals surface area contributed by atoms with Gasteiger partial charge in [-0.25, -0.2) is 0 Å². The van der Waals surface area contributed by atoms with Gasteiger partial charge in [0.2, 0.25) is 0 Å². The Morgan fingerprint density at radius 2 is 2.31 bits per heavy atom. The van der Waals surface area contributed by atoms with Crippen LogP contribution in [0.2, 0.25) is 0 Å². The first-order valence-electron chi connectivity index (χ1n) is 4.70. The quantitative estimate of drug-likeness (QED) is 0.870. The van der Waals surface area contributed by atoms with Crippen LogP contribution in [0.25, 0.3) is 0 Å². The van der Waals surface area contributed by atoms with Gasteiger partial charge in [0.05, 0.1) is 6.54 Å². The summed E-state index contributed by atoms with van der Waals surface area (Å²) in [6.45, 7) is 0.606. The fourth-order valence-electron chi connectivity index (χ4n) is 1.33. The Bertz CT molecular complexity index is 478. The van der Waals surface area contributed by atoms with Crippen molar-refractivity contribution in [1.29, 1.82) is 0 Å². The highest BCUT2D eigenvalue weighted by Gasteiger charge is 2.15. The number of hydrogen-bond donors (Lipinski definition) is 0. The van der Waals surface area contributed by atoms with Gasteiger partial charge in [0.25, 0.3) is 5.91 Å². The largest absolute Gasteiger partial charge is 0.444 e. The highest BCUT2D eigenvalue weighted by atomic mass is 79.9. The van der Waals surface area contributed by atoms with Crippen LogP contribution in [0.1, 0.15) is 15.4 Å². The summed E-state index contributed by atoms with van der Waals surface area (Å²) in [5, 5.41) is 2.00. The van der Waals surface area contributed by atoms with Gasteiger partial charge in [-0.05, 0) is 39.5 Å². The first-order valence-corrected chi connectivity index (χ1v) is 6.37. The fraction of sp³-hybridized carbons (Fsp3) is 0.182. The maximum atomic E-state index is 11.9. The minimum atomic E-state index is -0.112. The molecule has 2 heterocycles. The average Bonchev–Trinajstić information content (AvgIpc) is 2.88. The predicted molar refractivity (Wildman–Crippen MR) is 66.5 cm³/mol. The molecule has 0 aromatic carbocycles. The molecule has 0 spiro atoms. The van der Waals surface area contributed by atoms with Crippen LogP contribution in [0.4, 0.5) is 0 Å². The molecule has 0 unspecified atom stereocenters. The number of amides is 1. The van der Waals surface area contributed by atoms with Gasteiger partial charge in [-0.3, -0.25) is 4.79 Å². The molecule has 0 bridgehead atoms. The van der Waals surface area contributed by atoms with Crippen LogP contribution >= 0.6 is 27.3 Å². The van der Waals surface area contributed by atoms with Crippen molar-refractivity contribution in [3.8, 4) is 0 Å². The SMILES string of the molecule is CN(Cc1cccs1)C(=O)c1ccc(Br)o1. The summed E-state index contributed by atoms with van der Waals surface area (Å²) < 4.78 is 5.78. The van der Waals surface area contributed by atoms with E-state index in [-0.39, 0.29) is 5.91 Å². The second kappa shape index (κ2) is 4.84. The van der Waals surface area contributed by atoms with Crippen molar-refractivity contribution in [3.05, 3.63) is 45.0 Å². The summed E-state index contributed by atoms with van der Waals surface area (Å²) in [7, 11) is 1.76. The average molecular weight is 300 g/mol. The van der Waals surface area contributed by atoms with E-state index in [9.17, 15) is 4.79 Å². The van der Waals surface area contributed by atoms with E-state index in [1.807, 2.05) is 17.5 Å². The summed E-state index contributed by atoms with van der Waals surface area (Å²) in [6, 6.07) is 7.36. The van der Waals surface area contributed by atoms with Crippen LogP contribution in [0.5, 0.6) is 0 Å². The van der Waals surface area contributed by atoms with Crippen molar-refractivity contribution in [2.24, 2.45) is 0 Å². The molecule has 0 aliphatic carbocycles. The molecule has 0 atom stereocenters. The van der Waals surface area contributed by atoms with Crippen molar-refractivity contribution in [1.82, 2.24) is 4.90 Å². The molecule has 0 aliphatic rings. The molecule has 2 aromatic rings. The third-order valence-electron chi connectivity index (χ3n) is 2.10. The van der Waals surface area contributed by atoms with Crippen molar-refractivity contribution >= 4 is 33.2 Å². The van der Waals surface area contributed by atoms with Crippen molar-refractivity contribution in [2.45, 2.75) is 6.54 Å². The molecule has 0 radical (unpaired) electrons. The third kappa shape index (κ3) is 2.54. The zero-order valence-corrected chi connectivity index (χ0v) is 11.0. The van der Waals surface area contributed by atoms with E-state index in [0.29, 0.717) is 17.0 Å². The number of rotatable bonds is 3. The number of furan rings is 1. The second-order valence-electron chi connectivity index (χ2n) is 3.34. The summed E-state index contributed by atoms with van der Waals surface area (Å²) in [6.07, 6.45) is 0. The fourth-order valence-corrected chi connectivity index (χ4v) is 2.39. The first kappa shape index (κ1) is 11.4. The molecular formula is C11H10BrNO2S. The number of halogens is 1. The second-order valence-corrected chi connectivity index (χ2v) is 5.16. The molecule has 0 saturated heterocycles. The van der Waals surface area contributed by atoms with Crippen LogP contribution in [-0.4, -0.2) is 17.9 Å². The van der Waals surface area contributed by atoms with E-state index in [1.54, 1.807) is 35.4 Å². The number of carbonyl (C=O) groups excluding carboxylic acids is 1. The number of thiophene rings is 1. The molecule has 0 saturated carbocycles. The minimum absolute atomic E-state index is 0.112. The van der Waals surface area contributed by atoms with Crippen LogP contribution in [0.3, 0.4) is 0 Å². The molecule has 1 amide bonds. The molecule has 16 heavy (non-hydrogen) atoms. The molecular weight excluding hydrogens is 290 g/mol.